The van der Waals surface area contributed by atoms with E-state index in [1.807, 2.05) is 0 Å². The number of carbonyl (C=O) groups excluding carboxylic acids is 1. The fraction of sp³-hybridized carbons (Fsp3) is 0.154. The van der Waals surface area contributed by atoms with Crippen molar-refractivity contribution in [2.45, 2.75) is 6.92 Å². The van der Waals surface area contributed by atoms with Crippen LogP contribution >= 0.6 is 0 Å². The van der Waals surface area contributed by atoms with E-state index in [1.54, 1.807) is 13.0 Å². The van der Waals surface area contributed by atoms with Crippen molar-refractivity contribution in [1.82, 2.24) is 10.2 Å². The Hall–Kier alpha value is -2.83. The van der Waals surface area contributed by atoms with Crippen LogP contribution in [-0.2, 0) is 0 Å². The van der Waals surface area contributed by atoms with Crippen LogP contribution in [0.1, 0.15) is 26.5 Å². The number of nitrogens with one attached hydrogen (secondary N) is 2. The zero-order chi connectivity index (χ0) is 14.7. The number of amides is 1. The maximum absolute atomic E-state index is 12.0. The lowest BCUT2D eigenvalue weighted by Crippen LogP contribution is -2.13. The zero-order valence-electron chi connectivity index (χ0n) is 10.9. The molecule has 7 nitrogen and oxygen atoms in total. The third-order valence-corrected chi connectivity index (χ3v) is 2.63. The molecule has 1 aromatic carbocycles. The Kier molecular flexibility index (Phi) is 3.69. The van der Waals surface area contributed by atoms with Crippen LogP contribution in [0.2, 0.25) is 0 Å². The molecule has 0 atom stereocenters. The van der Waals surface area contributed by atoms with Crippen molar-refractivity contribution in [3.63, 3.8) is 0 Å². The van der Waals surface area contributed by atoms with Crippen LogP contribution in [0.5, 0.6) is 5.75 Å². The summed E-state index contributed by atoms with van der Waals surface area (Å²) in [5.41, 5.74) is 1.30. The summed E-state index contributed by atoms with van der Waals surface area (Å²) in [6.07, 6.45) is 0. The molecule has 1 amide bonds. The molecule has 2 rings (SSSR count). The summed E-state index contributed by atoms with van der Waals surface area (Å²) in [7, 11) is 1.43. The maximum Gasteiger partial charge on any atom is 0.335 e. The Morgan fingerprint density at radius 2 is 2.10 bits per heavy atom. The largest absolute Gasteiger partial charge is 0.495 e. The smallest absolute Gasteiger partial charge is 0.335 e. The van der Waals surface area contributed by atoms with Crippen LogP contribution < -0.4 is 10.1 Å². The number of aromatic amines is 1. The van der Waals surface area contributed by atoms with Gasteiger partial charge in [0.15, 0.2) is 5.69 Å². The summed E-state index contributed by atoms with van der Waals surface area (Å²) in [6, 6.07) is 5.80. The fourth-order valence-corrected chi connectivity index (χ4v) is 1.66. The first kappa shape index (κ1) is 13.6. The molecule has 1 heterocycles. The molecular weight excluding hydrogens is 262 g/mol. The molecule has 0 aliphatic rings. The van der Waals surface area contributed by atoms with Crippen molar-refractivity contribution < 1.29 is 19.4 Å². The highest BCUT2D eigenvalue weighted by Crippen LogP contribution is 2.26. The number of carbonyl (C=O) groups is 2. The number of carboxylic acid groups (broad SMARTS) is 1. The highest BCUT2D eigenvalue weighted by atomic mass is 16.5. The first-order valence-corrected chi connectivity index (χ1v) is 5.76. The number of hydrogen-bond donors (Lipinski definition) is 3. The Morgan fingerprint density at radius 1 is 1.35 bits per heavy atom. The minimum absolute atomic E-state index is 0.0549. The predicted molar refractivity (Wildman–Crippen MR) is 71.2 cm³/mol. The summed E-state index contributed by atoms with van der Waals surface area (Å²) < 4.78 is 5.09. The highest BCUT2D eigenvalue weighted by molar-refractivity contribution is 6.04. The maximum atomic E-state index is 12.0. The van der Waals surface area contributed by atoms with Gasteiger partial charge in [-0.05, 0) is 31.2 Å². The minimum Gasteiger partial charge on any atom is -0.495 e. The number of anilines is 1. The molecule has 3 N–H and O–H groups in total. The second kappa shape index (κ2) is 5.43. The lowest BCUT2D eigenvalue weighted by atomic mass is 10.2. The second-order valence-electron chi connectivity index (χ2n) is 4.11. The van der Waals surface area contributed by atoms with Crippen molar-refractivity contribution in [1.29, 1.82) is 0 Å². The molecule has 0 aliphatic carbocycles. The number of aryl methyl sites for hydroxylation is 1. The van der Waals surface area contributed by atoms with Gasteiger partial charge < -0.3 is 15.2 Å². The molecule has 7 heteroatoms. The van der Waals surface area contributed by atoms with Crippen molar-refractivity contribution >= 4 is 17.6 Å². The van der Waals surface area contributed by atoms with E-state index < -0.39 is 11.9 Å². The van der Waals surface area contributed by atoms with Crippen molar-refractivity contribution in [2.24, 2.45) is 0 Å². The normalized spacial score (nSPS) is 10.1. The number of methoxy groups -OCH3 is 1. The summed E-state index contributed by atoms with van der Waals surface area (Å²) in [5.74, 6) is -1.16. The van der Waals surface area contributed by atoms with Gasteiger partial charge in [0.2, 0.25) is 0 Å². The van der Waals surface area contributed by atoms with Gasteiger partial charge in [-0.15, -0.1) is 0 Å². The molecule has 0 unspecified atom stereocenters. The molecular formula is C13H13N3O4. The van der Waals surface area contributed by atoms with Gasteiger partial charge in [-0.1, -0.05) is 0 Å². The quantitative estimate of drug-likeness (QED) is 0.787. The first-order chi connectivity index (χ1) is 9.51. The van der Waals surface area contributed by atoms with Gasteiger partial charge in [-0.2, -0.15) is 5.10 Å². The zero-order valence-corrected chi connectivity index (χ0v) is 10.9. The van der Waals surface area contributed by atoms with Crippen LogP contribution in [-0.4, -0.2) is 34.3 Å². The number of aromatic carboxylic acids is 1. The molecule has 0 saturated carbocycles. The highest BCUT2D eigenvalue weighted by Gasteiger charge is 2.14. The van der Waals surface area contributed by atoms with Crippen LogP contribution in [0.4, 0.5) is 5.69 Å². The molecule has 0 aliphatic heterocycles. The molecule has 0 saturated heterocycles. The van der Waals surface area contributed by atoms with Gasteiger partial charge in [-0.25, -0.2) is 4.79 Å². The van der Waals surface area contributed by atoms with E-state index >= 15 is 0 Å². The van der Waals surface area contributed by atoms with Crippen molar-refractivity contribution in [3.05, 3.63) is 41.2 Å². The lowest BCUT2D eigenvalue weighted by molar-refractivity contribution is 0.0696. The van der Waals surface area contributed by atoms with E-state index in [2.05, 4.69) is 15.5 Å². The van der Waals surface area contributed by atoms with Crippen molar-refractivity contribution in [3.8, 4) is 5.75 Å². The molecule has 1 aromatic heterocycles. The van der Waals surface area contributed by atoms with E-state index in [0.717, 1.165) is 5.69 Å². The van der Waals surface area contributed by atoms with Crippen LogP contribution in [0.3, 0.4) is 0 Å². The number of H-pyrrole nitrogens is 1. The summed E-state index contributed by atoms with van der Waals surface area (Å²) in [4.78, 5) is 22.9. The summed E-state index contributed by atoms with van der Waals surface area (Å²) >= 11 is 0. The Bertz CT molecular complexity index is 663. The number of carboxylic acids is 1. The molecule has 20 heavy (non-hydrogen) atoms. The van der Waals surface area contributed by atoms with E-state index in [1.165, 1.54) is 25.3 Å². The number of hydrogen-bond acceptors (Lipinski definition) is 4. The number of rotatable bonds is 4. The SMILES string of the molecule is COc1ccc(C(=O)O)cc1NC(=O)c1cc(C)[nH]n1. The molecule has 104 valence electrons. The monoisotopic (exact) mass is 275 g/mol. The van der Waals surface area contributed by atoms with Crippen molar-refractivity contribution in [2.75, 3.05) is 12.4 Å². The summed E-state index contributed by atoms with van der Waals surface area (Å²) in [5, 5.41) is 18.0. The Morgan fingerprint density at radius 3 is 2.65 bits per heavy atom. The predicted octanol–water partition coefficient (Wildman–Crippen LogP) is 1.68. The molecule has 0 radical (unpaired) electrons. The number of ether oxygens (including phenoxy) is 1. The second-order valence-corrected chi connectivity index (χ2v) is 4.11. The Balaban J connectivity index is 2.29. The van der Waals surface area contributed by atoms with Gasteiger partial charge >= 0.3 is 5.97 Å². The number of nitrogens with zero attached hydrogens (tertiary/aromatic N) is 1. The molecule has 0 bridgehead atoms. The van der Waals surface area contributed by atoms with Crippen LogP contribution in [0.15, 0.2) is 24.3 Å². The van der Waals surface area contributed by atoms with E-state index in [-0.39, 0.29) is 16.9 Å². The average molecular weight is 275 g/mol. The van der Waals surface area contributed by atoms with Gasteiger partial charge in [0.1, 0.15) is 5.75 Å². The van der Waals surface area contributed by atoms with E-state index in [4.69, 9.17) is 9.84 Å². The first-order valence-electron chi connectivity index (χ1n) is 5.76. The van der Waals surface area contributed by atoms with Gasteiger partial charge in [0.25, 0.3) is 5.91 Å². The lowest BCUT2D eigenvalue weighted by Gasteiger charge is -2.10. The van der Waals surface area contributed by atoms with Crippen LogP contribution in [0, 0.1) is 6.92 Å². The molecule has 0 spiro atoms. The number of aromatic nitrogens is 2. The van der Waals surface area contributed by atoms with E-state index in [9.17, 15) is 9.59 Å². The van der Waals surface area contributed by atoms with Crippen LogP contribution in [0.25, 0.3) is 0 Å². The van der Waals surface area contributed by atoms with Gasteiger partial charge in [0, 0.05) is 5.69 Å². The molecule has 0 fully saturated rings. The average Bonchev–Trinajstić information content (AvgIpc) is 2.85. The van der Waals surface area contributed by atoms with E-state index in [0.29, 0.717) is 5.75 Å². The third-order valence-electron chi connectivity index (χ3n) is 2.63. The fourth-order valence-electron chi connectivity index (χ4n) is 1.66. The topological polar surface area (TPSA) is 104 Å². The van der Waals surface area contributed by atoms with Gasteiger partial charge in [-0.3, -0.25) is 9.89 Å². The Labute approximate surface area is 114 Å². The standard InChI is InChI=1S/C13H13N3O4/c1-7-5-10(16-15-7)12(17)14-9-6-8(13(18)19)3-4-11(9)20-2/h3-6H,1-2H3,(H,14,17)(H,15,16)(H,18,19). The van der Waals surface area contributed by atoms with Gasteiger partial charge in [0.05, 0.1) is 18.4 Å². The third kappa shape index (κ3) is 2.77. The minimum atomic E-state index is -1.08. The number of benzene rings is 1. The summed E-state index contributed by atoms with van der Waals surface area (Å²) in [6.45, 7) is 1.77. The molecule has 2 aromatic rings.